The number of nitrogens with zero attached hydrogens (tertiary/aromatic N) is 4. The van der Waals surface area contributed by atoms with E-state index in [2.05, 4.69) is 66.3 Å². The van der Waals surface area contributed by atoms with Crippen molar-refractivity contribution in [1.29, 1.82) is 0 Å². The summed E-state index contributed by atoms with van der Waals surface area (Å²) < 4.78 is 2.01. The summed E-state index contributed by atoms with van der Waals surface area (Å²) in [5.74, 6) is 0. The second-order valence-corrected chi connectivity index (χ2v) is 5.69. The lowest BCUT2D eigenvalue weighted by atomic mass is 9.84. The summed E-state index contributed by atoms with van der Waals surface area (Å²) in [6.07, 6.45) is 3.52. The molecule has 102 valence electrons. The largest absolute Gasteiger partial charge is 0.319 e. The highest BCUT2D eigenvalue weighted by atomic mass is 15.2. The van der Waals surface area contributed by atoms with Crippen molar-refractivity contribution in [1.82, 2.24) is 19.7 Å². The lowest BCUT2D eigenvalue weighted by Crippen LogP contribution is -2.36. The van der Waals surface area contributed by atoms with E-state index < -0.39 is 0 Å². The molecule has 0 saturated heterocycles. The van der Waals surface area contributed by atoms with Crippen LogP contribution >= 0.6 is 0 Å². The fraction of sp³-hybridized carbons (Fsp3) is 0.467. The fourth-order valence-corrected chi connectivity index (χ4v) is 2.36. The molecule has 0 radical (unpaired) electrons. The average Bonchev–Trinajstić information content (AvgIpc) is 2.90. The van der Waals surface area contributed by atoms with Crippen LogP contribution in [0.3, 0.4) is 0 Å². The molecule has 0 fully saturated rings. The van der Waals surface area contributed by atoms with Crippen molar-refractivity contribution < 1.29 is 0 Å². The van der Waals surface area contributed by atoms with Crippen LogP contribution in [0.4, 0.5) is 0 Å². The average molecular weight is 258 g/mol. The number of aromatic nitrogens is 3. The number of rotatable bonds is 6. The molecule has 1 heterocycles. The lowest BCUT2D eigenvalue weighted by Gasteiger charge is -2.31. The molecule has 0 unspecified atom stereocenters. The van der Waals surface area contributed by atoms with Crippen LogP contribution in [-0.2, 0) is 12.0 Å². The third-order valence-electron chi connectivity index (χ3n) is 3.43. The second-order valence-electron chi connectivity index (χ2n) is 5.69. The Morgan fingerprint density at radius 2 is 1.74 bits per heavy atom. The van der Waals surface area contributed by atoms with Crippen LogP contribution in [-0.4, -0.2) is 39.8 Å². The molecule has 2 rings (SSSR count). The quantitative estimate of drug-likeness (QED) is 0.796. The van der Waals surface area contributed by atoms with Crippen molar-refractivity contribution in [3.8, 4) is 0 Å². The monoisotopic (exact) mass is 258 g/mol. The van der Waals surface area contributed by atoms with Crippen molar-refractivity contribution in [3.05, 3.63) is 48.5 Å². The lowest BCUT2D eigenvalue weighted by molar-refractivity contribution is 0.258. The van der Waals surface area contributed by atoms with Crippen molar-refractivity contribution >= 4 is 0 Å². The minimum atomic E-state index is 0.156. The number of benzene rings is 1. The van der Waals surface area contributed by atoms with Crippen LogP contribution < -0.4 is 0 Å². The van der Waals surface area contributed by atoms with Gasteiger partial charge < -0.3 is 9.47 Å². The summed E-state index contributed by atoms with van der Waals surface area (Å²) in [7, 11) is 2.16. The molecule has 4 heteroatoms. The SMILES string of the molecule is CN(CCn1cnnc1)CC(C)(C)c1ccccc1. The molecule has 1 aromatic carbocycles. The highest BCUT2D eigenvalue weighted by molar-refractivity contribution is 5.23. The molecule has 2 aromatic rings. The molecule has 0 bridgehead atoms. The van der Waals surface area contributed by atoms with E-state index in [4.69, 9.17) is 0 Å². The maximum Gasteiger partial charge on any atom is 0.119 e. The Morgan fingerprint density at radius 1 is 1.11 bits per heavy atom. The topological polar surface area (TPSA) is 34.0 Å². The first kappa shape index (κ1) is 13.7. The van der Waals surface area contributed by atoms with Gasteiger partial charge in [0.25, 0.3) is 0 Å². The first-order chi connectivity index (χ1) is 9.08. The van der Waals surface area contributed by atoms with Gasteiger partial charge in [-0.15, -0.1) is 10.2 Å². The maximum atomic E-state index is 3.82. The Morgan fingerprint density at radius 3 is 2.37 bits per heavy atom. The van der Waals surface area contributed by atoms with Crippen molar-refractivity contribution in [3.63, 3.8) is 0 Å². The van der Waals surface area contributed by atoms with Gasteiger partial charge >= 0.3 is 0 Å². The van der Waals surface area contributed by atoms with Gasteiger partial charge in [0.05, 0.1) is 0 Å². The highest BCUT2D eigenvalue weighted by Crippen LogP contribution is 2.23. The number of hydrogen-bond donors (Lipinski definition) is 0. The van der Waals surface area contributed by atoms with Gasteiger partial charge in [0.1, 0.15) is 12.7 Å². The Balaban J connectivity index is 1.89. The normalized spacial score (nSPS) is 12.0. The first-order valence-corrected chi connectivity index (χ1v) is 6.64. The summed E-state index contributed by atoms with van der Waals surface area (Å²) in [6.45, 7) is 7.52. The zero-order chi connectivity index (χ0) is 13.7. The molecule has 0 aliphatic rings. The molecule has 0 saturated carbocycles. The van der Waals surface area contributed by atoms with Gasteiger partial charge in [0.2, 0.25) is 0 Å². The summed E-state index contributed by atoms with van der Waals surface area (Å²) in [4.78, 5) is 2.35. The van der Waals surface area contributed by atoms with Gasteiger partial charge in [-0.25, -0.2) is 0 Å². The Hall–Kier alpha value is -1.68. The van der Waals surface area contributed by atoms with E-state index in [1.54, 1.807) is 12.7 Å². The number of likely N-dealkylation sites (N-methyl/N-ethyl adjacent to an activating group) is 1. The van der Waals surface area contributed by atoms with E-state index >= 15 is 0 Å². The predicted octanol–water partition coefficient (Wildman–Crippen LogP) is 2.19. The van der Waals surface area contributed by atoms with Crippen LogP contribution in [0.25, 0.3) is 0 Å². The molecule has 0 N–H and O–H groups in total. The molecule has 0 aliphatic heterocycles. The van der Waals surface area contributed by atoms with E-state index in [1.807, 2.05) is 4.57 Å². The molecule has 0 spiro atoms. The minimum Gasteiger partial charge on any atom is -0.319 e. The summed E-state index contributed by atoms with van der Waals surface area (Å²) in [5, 5.41) is 7.63. The van der Waals surface area contributed by atoms with Crippen LogP contribution in [0.15, 0.2) is 43.0 Å². The smallest absolute Gasteiger partial charge is 0.119 e. The van der Waals surface area contributed by atoms with Gasteiger partial charge in [-0.3, -0.25) is 0 Å². The van der Waals surface area contributed by atoms with E-state index in [1.165, 1.54) is 5.56 Å². The Kier molecular flexibility index (Phi) is 4.32. The van der Waals surface area contributed by atoms with E-state index in [0.29, 0.717) is 0 Å². The third kappa shape index (κ3) is 3.89. The van der Waals surface area contributed by atoms with Gasteiger partial charge in [-0.2, -0.15) is 0 Å². The van der Waals surface area contributed by atoms with Gasteiger partial charge in [0, 0.05) is 25.0 Å². The zero-order valence-electron chi connectivity index (χ0n) is 12.0. The van der Waals surface area contributed by atoms with E-state index in [9.17, 15) is 0 Å². The zero-order valence-corrected chi connectivity index (χ0v) is 12.0. The maximum absolute atomic E-state index is 3.82. The van der Waals surface area contributed by atoms with Gasteiger partial charge in [0.15, 0.2) is 0 Å². The number of hydrogen-bond acceptors (Lipinski definition) is 3. The van der Waals surface area contributed by atoms with Crippen molar-refractivity contribution in [2.45, 2.75) is 25.8 Å². The molecular weight excluding hydrogens is 236 g/mol. The molecule has 1 aromatic heterocycles. The summed E-state index contributed by atoms with van der Waals surface area (Å²) in [6, 6.07) is 10.7. The predicted molar refractivity (Wildman–Crippen MR) is 77.0 cm³/mol. The molecule has 0 aliphatic carbocycles. The van der Waals surface area contributed by atoms with Gasteiger partial charge in [-0.05, 0) is 12.6 Å². The van der Waals surface area contributed by atoms with Crippen LogP contribution in [0.2, 0.25) is 0 Å². The summed E-state index contributed by atoms with van der Waals surface area (Å²) in [5.41, 5.74) is 1.54. The van der Waals surface area contributed by atoms with Crippen LogP contribution in [0.5, 0.6) is 0 Å². The highest BCUT2D eigenvalue weighted by Gasteiger charge is 2.21. The van der Waals surface area contributed by atoms with Crippen LogP contribution in [0, 0.1) is 0 Å². The first-order valence-electron chi connectivity index (χ1n) is 6.64. The van der Waals surface area contributed by atoms with Crippen molar-refractivity contribution in [2.75, 3.05) is 20.1 Å². The van der Waals surface area contributed by atoms with Gasteiger partial charge in [-0.1, -0.05) is 44.2 Å². The van der Waals surface area contributed by atoms with Crippen molar-refractivity contribution in [2.24, 2.45) is 0 Å². The second kappa shape index (κ2) is 5.97. The minimum absolute atomic E-state index is 0.156. The Labute approximate surface area is 115 Å². The summed E-state index contributed by atoms with van der Waals surface area (Å²) >= 11 is 0. The molecule has 4 nitrogen and oxygen atoms in total. The van der Waals surface area contributed by atoms with Crippen LogP contribution in [0.1, 0.15) is 19.4 Å². The molecular formula is C15H22N4. The molecule has 19 heavy (non-hydrogen) atoms. The standard InChI is InChI=1S/C15H22N4/c1-15(2,14-7-5-4-6-8-14)11-18(3)9-10-19-12-16-17-13-19/h4-8,12-13H,9-11H2,1-3H3. The van der Waals surface area contributed by atoms with E-state index in [-0.39, 0.29) is 5.41 Å². The Bertz CT molecular complexity index is 476. The molecule has 0 atom stereocenters. The fourth-order valence-electron chi connectivity index (χ4n) is 2.36. The third-order valence-corrected chi connectivity index (χ3v) is 3.43. The molecule has 0 amide bonds. The van der Waals surface area contributed by atoms with E-state index in [0.717, 1.165) is 19.6 Å².